The maximum Gasteiger partial charge on any atom is 0.335 e. The van der Waals surface area contributed by atoms with Crippen molar-refractivity contribution in [2.24, 2.45) is 5.92 Å². The van der Waals surface area contributed by atoms with E-state index in [1.165, 1.54) is 24.3 Å². The van der Waals surface area contributed by atoms with Gasteiger partial charge in [0.1, 0.15) is 0 Å². The Morgan fingerprint density at radius 2 is 1.79 bits per heavy atom. The van der Waals surface area contributed by atoms with Gasteiger partial charge in [0.15, 0.2) is 0 Å². The monoisotopic (exact) mass is 269 g/mol. The summed E-state index contributed by atoms with van der Waals surface area (Å²) in [5.41, 5.74) is -0.0602. The van der Waals surface area contributed by atoms with Gasteiger partial charge >= 0.3 is 5.97 Å². The molecule has 0 aromatic heterocycles. The van der Waals surface area contributed by atoms with Crippen molar-refractivity contribution in [1.29, 1.82) is 0 Å². The van der Waals surface area contributed by atoms with Crippen LogP contribution >= 0.6 is 0 Å². The summed E-state index contributed by atoms with van der Waals surface area (Å²) in [6, 6.07) is 4.92. The van der Waals surface area contributed by atoms with Crippen molar-refractivity contribution in [3.8, 4) is 0 Å². The highest BCUT2D eigenvalue weighted by atomic mass is 19.3. The summed E-state index contributed by atoms with van der Waals surface area (Å²) < 4.78 is 28.7. The Balaban J connectivity index is 2.16. The number of carboxylic acid groups (broad SMARTS) is 1. The van der Waals surface area contributed by atoms with Crippen LogP contribution in [0.2, 0.25) is 0 Å². The van der Waals surface area contributed by atoms with Crippen LogP contribution < -0.4 is 0 Å². The maximum atomic E-state index is 14.3. The molecule has 1 aliphatic rings. The Bertz CT molecular complexity index is 451. The zero-order chi connectivity index (χ0) is 14.0. The second kappa shape index (κ2) is 5.25. The van der Waals surface area contributed by atoms with Crippen molar-refractivity contribution in [2.45, 2.75) is 18.8 Å². The molecule has 0 saturated carbocycles. The normalized spacial score (nSPS) is 18.5. The molecule has 0 unspecified atom stereocenters. The molecule has 0 aliphatic carbocycles. The second-order valence-corrected chi connectivity index (χ2v) is 5.08. The first-order valence-electron chi connectivity index (χ1n) is 6.31. The molecule has 1 N–H and O–H groups in total. The Labute approximate surface area is 110 Å². The highest BCUT2D eigenvalue weighted by Crippen LogP contribution is 2.41. The molecule has 1 aromatic rings. The summed E-state index contributed by atoms with van der Waals surface area (Å²) in [7, 11) is 1.93. The summed E-state index contributed by atoms with van der Waals surface area (Å²) in [6.07, 6.45) is 0.925. The van der Waals surface area contributed by atoms with Gasteiger partial charge in [-0.2, -0.15) is 0 Å². The third kappa shape index (κ3) is 2.92. The molecule has 1 aliphatic heterocycles. The van der Waals surface area contributed by atoms with Crippen LogP contribution in [0.25, 0.3) is 0 Å². The van der Waals surface area contributed by atoms with Gasteiger partial charge in [0.05, 0.1) is 5.56 Å². The van der Waals surface area contributed by atoms with Gasteiger partial charge in [-0.3, -0.25) is 0 Å². The number of hydrogen-bond donors (Lipinski definition) is 1. The van der Waals surface area contributed by atoms with E-state index >= 15 is 0 Å². The second-order valence-electron chi connectivity index (χ2n) is 5.08. The fourth-order valence-corrected chi connectivity index (χ4v) is 2.44. The fourth-order valence-electron chi connectivity index (χ4n) is 2.44. The van der Waals surface area contributed by atoms with E-state index in [0.717, 1.165) is 0 Å². The van der Waals surface area contributed by atoms with Gasteiger partial charge in [-0.1, -0.05) is 12.1 Å². The van der Waals surface area contributed by atoms with Gasteiger partial charge in [0, 0.05) is 11.5 Å². The van der Waals surface area contributed by atoms with Crippen molar-refractivity contribution in [2.75, 3.05) is 20.1 Å². The molecule has 0 atom stereocenters. The number of hydrogen-bond acceptors (Lipinski definition) is 2. The van der Waals surface area contributed by atoms with Crippen LogP contribution in [0.4, 0.5) is 8.78 Å². The molecular formula is C14H17F2NO2. The minimum Gasteiger partial charge on any atom is -0.478 e. The standard InChI is InChI=1S/C14H17F2NO2/c1-17-8-6-12(7-9-17)14(15,16)11-4-2-10(3-5-11)13(18)19/h2-5,12H,6-9H2,1H3,(H,18,19). The average Bonchev–Trinajstić information content (AvgIpc) is 2.39. The highest BCUT2D eigenvalue weighted by Gasteiger charge is 2.42. The van der Waals surface area contributed by atoms with Gasteiger partial charge < -0.3 is 10.0 Å². The summed E-state index contributed by atoms with van der Waals surface area (Å²) in [6.45, 7) is 1.35. The van der Waals surface area contributed by atoms with E-state index in [4.69, 9.17) is 5.11 Å². The molecular weight excluding hydrogens is 252 g/mol. The number of rotatable bonds is 3. The zero-order valence-corrected chi connectivity index (χ0v) is 10.8. The van der Waals surface area contributed by atoms with Crippen LogP contribution in [0, 0.1) is 5.92 Å². The topological polar surface area (TPSA) is 40.5 Å². The Hall–Kier alpha value is -1.49. The van der Waals surface area contributed by atoms with Crippen molar-refractivity contribution in [1.82, 2.24) is 4.90 Å². The van der Waals surface area contributed by atoms with Crippen LogP contribution in [0.15, 0.2) is 24.3 Å². The van der Waals surface area contributed by atoms with Gasteiger partial charge in [0.25, 0.3) is 5.92 Å². The lowest BCUT2D eigenvalue weighted by atomic mass is 9.86. The number of piperidine rings is 1. The molecule has 1 aromatic carbocycles. The van der Waals surface area contributed by atoms with E-state index in [-0.39, 0.29) is 11.1 Å². The largest absolute Gasteiger partial charge is 0.478 e. The Morgan fingerprint density at radius 3 is 2.26 bits per heavy atom. The number of likely N-dealkylation sites (tertiary alicyclic amines) is 1. The molecule has 2 rings (SSSR count). The van der Waals surface area contributed by atoms with E-state index in [9.17, 15) is 13.6 Å². The first-order valence-corrected chi connectivity index (χ1v) is 6.31. The molecule has 19 heavy (non-hydrogen) atoms. The fraction of sp³-hybridized carbons (Fsp3) is 0.500. The third-order valence-corrected chi connectivity index (χ3v) is 3.75. The minimum absolute atomic E-state index is 0.0305. The lowest BCUT2D eigenvalue weighted by Gasteiger charge is -2.34. The molecule has 0 bridgehead atoms. The number of halogens is 2. The van der Waals surface area contributed by atoms with E-state index in [0.29, 0.717) is 25.9 Å². The highest BCUT2D eigenvalue weighted by molar-refractivity contribution is 5.87. The van der Waals surface area contributed by atoms with Crippen LogP contribution in [0.1, 0.15) is 28.8 Å². The van der Waals surface area contributed by atoms with Crippen molar-refractivity contribution < 1.29 is 18.7 Å². The van der Waals surface area contributed by atoms with E-state index in [2.05, 4.69) is 0 Å². The van der Waals surface area contributed by atoms with Gasteiger partial charge in [0.2, 0.25) is 0 Å². The number of alkyl halides is 2. The van der Waals surface area contributed by atoms with Gasteiger partial charge in [-0.05, 0) is 45.1 Å². The number of carboxylic acids is 1. The minimum atomic E-state index is -2.89. The molecule has 1 fully saturated rings. The predicted octanol–water partition coefficient (Wildman–Crippen LogP) is 2.82. The average molecular weight is 269 g/mol. The van der Waals surface area contributed by atoms with Crippen LogP contribution in [0.3, 0.4) is 0 Å². The molecule has 0 radical (unpaired) electrons. The van der Waals surface area contributed by atoms with Gasteiger partial charge in [-0.15, -0.1) is 0 Å². The summed E-state index contributed by atoms with van der Waals surface area (Å²) in [5.74, 6) is -4.66. The molecule has 1 heterocycles. The Morgan fingerprint density at radius 1 is 1.26 bits per heavy atom. The number of aromatic carboxylic acids is 1. The molecule has 0 amide bonds. The number of carbonyl (C=O) groups is 1. The lowest BCUT2D eigenvalue weighted by molar-refractivity contribution is -0.0837. The van der Waals surface area contributed by atoms with Crippen molar-refractivity contribution >= 4 is 5.97 Å². The predicted molar refractivity (Wildman–Crippen MR) is 67.5 cm³/mol. The number of benzene rings is 1. The van der Waals surface area contributed by atoms with Crippen molar-refractivity contribution in [3.05, 3.63) is 35.4 Å². The lowest BCUT2D eigenvalue weighted by Crippen LogP contribution is -2.37. The number of nitrogens with zero attached hydrogens (tertiary/aromatic N) is 1. The summed E-state index contributed by atoms with van der Waals surface area (Å²) in [5, 5.41) is 8.76. The molecule has 5 heteroatoms. The van der Waals surface area contributed by atoms with Crippen LogP contribution in [-0.4, -0.2) is 36.1 Å². The van der Waals surface area contributed by atoms with E-state index in [1.807, 2.05) is 11.9 Å². The van der Waals surface area contributed by atoms with Crippen LogP contribution in [0.5, 0.6) is 0 Å². The molecule has 1 saturated heterocycles. The summed E-state index contributed by atoms with van der Waals surface area (Å²) in [4.78, 5) is 12.7. The maximum absolute atomic E-state index is 14.3. The first kappa shape index (κ1) is 13.9. The van der Waals surface area contributed by atoms with Gasteiger partial charge in [-0.25, -0.2) is 13.6 Å². The zero-order valence-electron chi connectivity index (χ0n) is 10.8. The Kier molecular flexibility index (Phi) is 3.85. The molecule has 3 nitrogen and oxygen atoms in total. The first-order chi connectivity index (χ1) is 8.91. The third-order valence-electron chi connectivity index (χ3n) is 3.75. The van der Waals surface area contributed by atoms with Crippen LogP contribution in [-0.2, 0) is 5.92 Å². The van der Waals surface area contributed by atoms with Crippen molar-refractivity contribution in [3.63, 3.8) is 0 Å². The summed E-state index contributed by atoms with van der Waals surface area (Å²) >= 11 is 0. The molecule has 104 valence electrons. The smallest absolute Gasteiger partial charge is 0.335 e. The SMILES string of the molecule is CN1CCC(C(F)(F)c2ccc(C(=O)O)cc2)CC1. The molecule has 0 spiro atoms. The van der Waals surface area contributed by atoms with E-state index < -0.39 is 17.8 Å². The quantitative estimate of drug-likeness (QED) is 0.917. The van der Waals surface area contributed by atoms with E-state index in [1.54, 1.807) is 0 Å².